The molecule has 0 unspecified atom stereocenters. The van der Waals surface area contributed by atoms with E-state index in [9.17, 15) is 9.59 Å². The number of nitrogens with zero attached hydrogens (tertiary/aromatic N) is 2. The maximum absolute atomic E-state index is 13.5. The molecule has 2 rings (SSSR count). The number of hydrogen-bond donors (Lipinski definition) is 5. The Hall–Kier alpha value is -3.05. The first-order valence-corrected chi connectivity index (χ1v) is 14.7. The number of amides is 2. The average molecular weight is 562 g/mol. The third-order valence-electron chi connectivity index (χ3n) is 6.82. The summed E-state index contributed by atoms with van der Waals surface area (Å²) >= 11 is 0. The van der Waals surface area contributed by atoms with Crippen molar-refractivity contribution < 1.29 is 19.1 Å². The SMILES string of the molecule is CN(C)CCNC(=O)c1cc(C(=O)NC2CCCCC2)c(OCCCCCN=C(N)N)cc1OCCCCCN. The monoisotopic (exact) mass is 561 g/mol. The molecular formula is C29H51N7O4. The van der Waals surface area contributed by atoms with Gasteiger partial charge in [0.25, 0.3) is 11.8 Å². The first-order chi connectivity index (χ1) is 19.3. The van der Waals surface area contributed by atoms with Crippen LogP contribution in [-0.4, -0.2) is 82.2 Å². The van der Waals surface area contributed by atoms with Crippen LogP contribution in [0, 0.1) is 0 Å². The molecule has 0 aromatic heterocycles. The molecule has 1 fully saturated rings. The third kappa shape index (κ3) is 12.9. The van der Waals surface area contributed by atoms with Gasteiger partial charge < -0.3 is 42.2 Å². The first kappa shape index (κ1) is 33.2. The molecular weight excluding hydrogens is 510 g/mol. The van der Waals surface area contributed by atoms with Crippen molar-refractivity contribution in [3.63, 3.8) is 0 Å². The summed E-state index contributed by atoms with van der Waals surface area (Å²) in [5.41, 5.74) is 17.1. The molecule has 1 aliphatic carbocycles. The molecule has 0 heterocycles. The quantitative estimate of drug-likeness (QED) is 0.0973. The van der Waals surface area contributed by atoms with Crippen molar-refractivity contribution in [2.75, 3.05) is 53.5 Å². The predicted octanol–water partition coefficient (Wildman–Crippen LogP) is 2.37. The van der Waals surface area contributed by atoms with Crippen molar-refractivity contribution in [3.8, 4) is 11.5 Å². The molecule has 8 N–H and O–H groups in total. The van der Waals surface area contributed by atoms with Gasteiger partial charge in [0.2, 0.25) is 0 Å². The average Bonchev–Trinajstić information content (AvgIpc) is 2.92. The summed E-state index contributed by atoms with van der Waals surface area (Å²) in [6, 6.07) is 3.44. The highest BCUT2D eigenvalue weighted by molar-refractivity contribution is 6.03. The van der Waals surface area contributed by atoms with E-state index in [-0.39, 0.29) is 23.8 Å². The van der Waals surface area contributed by atoms with E-state index < -0.39 is 0 Å². The van der Waals surface area contributed by atoms with Gasteiger partial charge in [0, 0.05) is 31.7 Å². The number of unbranched alkanes of at least 4 members (excludes halogenated alkanes) is 4. The standard InChI is InChI=1S/C29H51N7O4/c1-36(2)17-16-33-27(37)23-20-24(28(38)35-22-12-6-3-7-13-22)26(21-25(23)39-18-10-4-8-14-30)40-19-11-5-9-15-34-29(31)32/h20-22H,3-19,30H2,1-2H3,(H,33,37)(H,35,38)(H4,31,32,34). The number of benzene rings is 1. The number of nitrogens with one attached hydrogen (secondary N) is 2. The van der Waals surface area contributed by atoms with Crippen molar-refractivity contribution >= 4 is 17.8 Å². The van der Waals surface area contributed by atoms with Gasteiger partial charge in [0.1, 0.15) is 11.5 Å². The largest absolute Gasteiger partial charge is 0.493 e. The zero-order valence-electron chi connectivity index (χ0n) is 24.5. The van der Waals surface area contributed by atoms with Crippen LogP contribution in [0.3, 0.4) is 0 Å². The number of carbonyl (C=O) groups is 2. The molecule has 0 spiro atoms. The van der Waals surface area contributed by atoms with Gasteiger partial charge in [-0.15, -0.1) is 0 Å². The lowest BCUT2D eigenvalue weighted by molar-refractivity contribution is 0.0923. The lowest BCUT2D eigenvalue weighted by Gasteiger charge is -2.24. The van der Waals surface area contributed by atoms with Crippen LogP contribution >= 0.6 is 0 Å². The maximum Gasteiger partial charge on any atom is 0.255 e. The second-order valence-electron chi connectivity index (χ2n) is 10.6. The molecule has 1 aliphatic rings. The van der Waals surface area contributed by atoms with Crippen LogP contribution in [0.2, 0.25) is 0 Å². The highest BCUT2D eigenvalue weighted by atomic mass is 16.5. The van der Waals surface area contributed by atoms with Crippen LogP contribution in [0.4, 0.5) is 0 Å². The Labute approximate surface area is 239 Å². The molecule has 2 amide bonds. The Morgan fingerprint density at radius 2 is 1.52 bits per heavy atom. The normalized spacial score (nSPS) is 13.6. The minimum Gasteiger partial charge on any atom is -0.493 e. The molecule has 40 heavy (non-hydrogen) atoms. The first-order valence-electron chi connectivity index (χ1n) is 14.7. The second-order valence-corrected chi connectivity index (χ2v) is 10.6. The molecule has 1 aromatic carbocycles. The number of guanidine groups is 1. The molecule has 0 bridgehead atoms. The summed E-state index contributed by atoms with van der Waals surface area (Å²) in [5, 5.41) is 6.12. The topological polar surface area (TPSA) is 170 Å². The third-order valence-corrected chi connectivity index (χ3v) is 6.82. The van der Waals surface area contributed by atoms with Crippen LogP contribution in [0.15, 0.2) is 17.1 Å². The van der Waals surface area contributed by atoms with E-state index in [4.69, 9.17) is 26.7 Å². The van der Waals surface area contributed by atoms with E-state index in [1.807, 2.05) is 19.0 Å². The van der Waals surface area contributed by atoms with Crippen LogP contribution in [0.1, 0.15) is 91.3 Å². The smallest absolute Gasteiger partial charge is 0.255 e. The van der Waals surface area contributed by atoms with Crippen LogP contribution in [0.25, 0.3) is 0 Å². The zero-order chi connectivity index (χ0) is 29.2. The second kappa shape index (κ2) is 19.1. The van der Waals surface area contributed by atoms with Crippen molar-refractivity contribution in [2.45, 2.75) is 76.7 Å². The number of rotatable bonds is 19. The minimum absolute atomic E-state index is 0.0891. The fraction of sp³-hybridized carbons (Fsp3) is 0.690. The maximum atomic E-state index is 13.5. The van der Waals surface area contributed by atoms with Crippen LogP contribution in [-0.2, 0) is 0 Å². The molecule has 0 radical (unpaired) electrons. The van der Waals surface area contributed by atoms with Gasteiger partial charge in [-0.05, 0) is 78.1 Å². The van der Waals surface area contributed by atoms with E-state index in [1.165, 1.54) is 6.42 Å². The van der Waals surface area contributed by atoms with Crippen molar-refractivity contribution in [1.29, 1.82) is 0 Å². The number of nitrogens with two attached hydrogens (primary N) is 3. The van der Waals surface area contributed by atoms with Crippen molar-refractivity contribution in [3.05, 3.63) is 23.3 Å². The minimum atomic E-state index is -0.281. The Morgan fingerprint density at radius 1 is 0.900 bits per heavy atom. The molecule has 1 saturated carbocycles. The van der Waals surface area contributed by atoms with Crippen LogP contribution in [0.5, 0.6) is 11.5 Å². The summed E-state index contributed by atoms with van der Waals surface area (Å²) in [7, 11) is 3.89. The number of ether oxygens (including phenoxy) is 2. The number of likely N-dealkylation sites (N-methyl/N-ethyl adjacent to an activating group) is 1. The highest BCUT2D eigenvalue weighted by Gasteiger charge is 2.24. The van der Waals surface area contributed by atoms with Gasteiger partial charge in [0.05, 0.1) is 24.3 Å². The summed E-state index contributed by atoms with van der Waals surface area (Å²) in [6.07, 6.45) is 10.5. The number of aliphatic imine (C=N–C) groups is 1. The Balaban J connectivity index is 2.25. The molecule has 1 aromatic rings. The van der Waals surface area contributed by atoms with Crippen molar-refractivity contribution in [2.24, 2.45) is 22.2 Å². The molecule has 226 valence electrons. The van der Waals surface area contributed by atoms with Gasteiger partial charge in [-0.2, -0.15) is 0 Å². The predicted molar refractivity (Wildman–Crippen MR) is 160 cm³/mol. The van der Waals surface area contributed by atoms with Gasteiger partial charge in [-0.25, -0.2) is 0 Å². The Bertz CT molecular complexity index is 929. The molecule has 0 aliphatic heterocycles. The van der Waals surface area contributed by atoms with E-state index >= 15 is 0 Å². The number of carbonyl (C=O) groups excluding carboxylic acids is 2. The van der Waals surface area contributed by atoms with Gasteiger partial charge >= 0.3 is 0 Å². The zero-order valence-corrected chi connectivity index (χ0v) is 24.5. The summed E-state index contributed by atoms with van der Waals surface area (Å²) in [6.45, 7) is 3.22. The lowest BCUT2D eigenvalue weighted by Crippen LogP contribution is -2.36. The van der Waals surface area contributed by atoms with Crippen molar-refractivity contribution in [1.82, 2.24) is 15.5 Å². The molecule has 11 heteroatoms. The van der Waals surface area contributed by atoms with E-state index in [1.54, 1.807) is 12.1 Å². The molecule has 0 saturated heterocycles. The van der Waals surface area contributed by atoms with Gasteiger partial charge in [0.15, 0.2) is 5.96 Å². The van der Waals surface area contributed by atoms with Gasteiger partial charge in [-0.3, -0.25) is 14.6 Å². The van der Waals surface area contributed by atoms with E-state index in [2.05, 4.69) is 15.6 Å². The summed E-state index contributed by atoms with van der Waals surface area (Å²) in [5.74, 6) is 0.404. The number of hydrogen-bond acceptors (Lipinski definition) is 7. The summed E-state index contributed by atoms with van der Waals surface area (Å²) in [4.78, 5) is 32.7. The molecule has 11 nitrogen and oxygen atoms in total. The van der Waals surface area contributed by atoms with E-state index in [0.29, 0.717) is 62.0 Å². The fourth-order valence-corrected chi connectivity index (χ4v) is 4.54. The van der Waals surface area contributed by atoms with Gasteiger partial charge in [-0.1, -0.05) is 19.3 Å². The van der Waals surface area contributed by atoms with Crippen LogP contribution < -0.4 is 37.3 Å². The fourth-order valence-electron chi connectivity index (χ4n) is 4.54. The highest BCUT2D eigenvalue weighted by Crippen LogP contribution is 2.31. The molecule has 0 atom stereocenters. The lowest BCUT2D eigenvalue weighted by atomic mass is 9.95. The van der Waals surface area contributed by atoms with E-state index in [0.717, 1.165) is 64.2 Å². The summed E-state index contributed by atoms with van der Waals surface area (Å²) < 4.78 is 12.2. The Morgan fingerprint density at radius 3 is 2.12 bits per heavy atom. The Kier molecular flexibility index (Phi) is 15.8.